The molecule has 3 aliphatic rings. The zero-order valence-corrected chi connectivity index (χ0v) is 14.0. The Kier molecular flexibility index (Phi) is 4.04. The van der Waals surface area contributed by atoms with Crippen LogP contribution in [0.15, 0.2) is 12.3 Å². The van der Waals surface area contributed by atoms with E-state index in [1.807, 2.05) is 6.07 Å². The van der Waals surface area contributed by atoms with Gasteiger partial charge in [-0.3, -0.25) is 4.79 Å². The molecule has 3 aliphatic heterocycles. The monoisotopic (exact) mass is 331 g/mol. The molecule has 0 aromatic carbocycles. The van der Waals surface area contributed by atoms with Gasteiger partial charge in [-0.25, -0.2) is 4.98 Å². The zero-order valence-electron chi connectivity index (χ0n) is 14.0. The van der Waals surface area contributed by atoms with E-state index in [1.54, 1.807) is 6.20 Å². The average Bonchev–Trinajstić information content (AvgIpc) is 3.03. The van der Waals surface area contributed by atoms with Crippen LogP contribution in [0.1, 0.15) is 32.1 Å². The van der Waals surface area contributed by atoms with Gasteiger partial charge in [0.05, 0.1) is 5.41 Å². The van der Waals surface area contributed by atoms with Crippen LogP contribution < -0.4 is 10.6 Å². The van der Waals surface area contributed by atoms with Crippen molar-refractivity contribution in [1.82, 2.24) is 14.9 Å². The van der Waals surface area contributed by atoms with Crippen LogP contribution in [0.5, 0.6) is 0 Å². The molecule has 0 radical (unpaired) electrons. The Morgan fingerprint density at radius 3 is 2.88 bits per heavy atom. The predicted octanol–water partition coefficient (Wildman–Crippen LogP) is 1.06. The average molecular weight is 331 g/mol. The van der Waals surface area contributed by atoms with Crippen LogP contribution in [0, 0.1) is 5.41 Å². The fourth-order valence-electron chi connectivity index (χ4n) is 4.43. The molecular weight excluding hydrogens is 306 g/mol. The summed E-state index contributed by atoms with van der Waals surface area (Å²) in [6.45, 7) is 4.03. The van der Waals surface area contributed by atoms with Crippen molar-refractivity contribution in [2.45, 2.75) is 38.1 Å². The Hall–Kier alpha value is -1.89. The van der Waals surface area contributed by atoms with Gasteiger partial charge >= 0.3 is 0 Å². The highest BCUT2D eigenvalue weighted by Gasteiger charge is 2.49. The predicted molar refractivity (Wildman–Crippen MR) is 90.5 cm³/mol. The van der Waals surface area contributed by atoms with Crippen molar-refractivity contribution in [1.29, 1.82) is 0 Å². The fraction of sp³-hybridized carbons (Fsp3) is 0.706. The van der Waals surface area contributed by atoms with Gasteiger partial charge in [0.2, 0.25) is 11.9 Å². The molecule has 1 spiro atoms. The van der Waals surface area contributed by atoms with Gasteiger partial charge in [-0.2, -0.15) is 4.98 Å². The molecule has 1 aromatic heterocycles. The molecule has 3 saturated heterocycles. The highest BCUT2D eigenvalue weighted by atomic mass is 16.5. The molecule has 4 heterocycles. The summed E-state index contributed by atoms with van der Waals surface area (Å²) in [5.74, 6) is 1.45. The maximum absolute atomic E-state index is 13.3. The summed E-state index contributed by atoms with van der Waals surface area (Å²) in [6, 6.07) is 2.23. The van der Waals surface area contributed by atoms with Gasteiger partial charge < -0.3 is 20.3 Å². The Morgan fingerprint density at radius 2 is 2.08 bits per heavy atom. The summed E-state index contributed by atoms with van der Waals surface area (Å²) in [5, 5.41) is 0. The molecule has 0 saturated carbocycles. The maximum Gasteiger partial charge on any atom is 0.230 e. The van der Waals surface area contributed by atoms with Gasteiger partial charge in [0.1, 0.15) is 5.82 Å². The first-order valence-corrected chi connectivity index (χ1v) is 8.90. The van der Waals surface area contributed by atoms with Crippen LogP contribution in [0.25, 0.3) is 0 Å². The summed E-state index contributed by atoms with van der Waals surface area (Å²) in [7, 11) is 0. The molecule has 24 heavy (non-hydrogen) atoms. The molecule has 1 aromatic rings. The van der Waals surface area contributed by atoms with E-state index in [-0.39, 0.29) is 11.4 Å². The van der Waals surface area contributed by atoms with E-state index in [0.717, 1.165) is 70.8 Å². The standard InChI is InChI=1S/C17H25N5O2/c18-16-19-7-2-14(20-16)21-9-6-17(12-21)5-1-8-22(15(17)23)13-3-10-24-11-4-13/h2,7,13H,1,3-6,8-12H2,(H2,18,19,20). The largest absolute Gasteiger partial charge is 0.381 e. The first kappa shape index (κ1) is 15.6. The molecule has 7 heteroatoms. The molecule has 2 N–H and O–H groups in total. The fourth-order valence-corrected chi connectivity index (χ4v) is 4.43. The first-order valence-electron chi connectivity index (χ1n) is 8.90. The number of nitrogens with zero attached hydrogens (tertiary/aromatic N) is 4. The number of hydrogen-bond acceptors (Lipinski definition) is 6. The topological polar surface area (TPSA) is 84.6 Å². The van der Waals surface area contributed by atoms with Crippen molar-refractivity contribution >= 4 is 17.7 Å². The number of aromatic nitrogens is 2. The van der Waals surface area contributed by atoms with Crippen molar-refractivity contribution in [3.8, 4) is 0 Å². The molecule has 0 bridgehead atoms. The number of carbonyl (C=O) groups is 1. The molecule has 1 atom stereocenters. The van der Waals surface area contributed by atoms with E-state index in [0.29, 0.717) is 11.9 Å². The lowest BCUT2D eigenvalue weighted by molar-refractivity contribution is -0.149. The number of hydrogen-bond donors (Lipinski definition) is 1. The summed E-state index contributed by atoms with van der Waals surface area (Å²) in [5.41, 5.74) is 5.45. The molecule has 3 fully saturated rings. The van der Waals surface area contributed by atoms with E-state index in [1.165, 1.54) is 0 Å². The maximum atomic E-state index is 13.3. The smallest absolute Gasteiger partial charge is 0.230 e. The molecule has 1 amide bonds. The van der Waals surface area contributed by atoms with Gasteiger partial charge in [0, 0.05) is 45.1 Å². The van der Waals surface area contributed by atoms with Crippen LogP contribution in [0.3, 0.4) is 0 Å². The normalized spacial score (nSPS) is 28.8. The summed E-state index contributed by atoms with van der Waals surface area (Å²) in [6.07, 6.45) is 6.57. The van der Waals surface area contributed by atoms with E-state index in [9.17, 15) is 4.79 Å². The Balaban J connectivity index is 1.51. The number of anilines is 2. The van der Waals surface area contributed by atoms with Crippen LogP contribution in [-0.2, 0) is 9.53 Å². The molecule has 1 unspecified atom stereocenters. The van der Waals surface area contributed by atoms with E-state index < -0.39 is 0 Å². The van der Waals surface area contributed by atoms with E-state index in [2.05, 4.69) is 19.8 Å². The van der Waals surface area contributed by atoms with Crippen molar-refractivity contribution in [2.24, 2.45) is 5.41 Å². The highest BCUT2D eigenvalue weighted by Crippen LogP contribution is 2.42. The van der Waals surface area contributed by atoms with Crippen LogP contribution in [0.4, 0.5) is 11.8 Å². The summed E-state index contributed by atoms with van der Waals surface area (Å²) < 4.78 is 5.46. The molecule has 130 valence electrons. The highest BCUT2D eigenvalue weighted by molar-refractivity contribution is 5.85. The van der Waals surface area contributed by atoms with Gasteiger partial charge in [0.15, 0.2) is 0 Å². The molecule has 0 aliphatic carbocycles. The van der Waals surface area contributed by atoms with Crippen molar-refractivity contribution in [3.05, 3.63) is 12.3 Å². The summed E-state index contributed by atoms with van der Waals surface area (Å²) >= 11 is 0. The lowest BCUT2D eigenvalue weighted by Crippen LogP contribution is -2.54. The van der Waals surface area contributed by atoms with E-state index in [4.69, 9.17) is 10.5 Å². The van der Waals surface area contributed by atoms with E-state index >= 15 is 0 Å². The van der Waals surface area contributed by atoms with Gasteiger partial charge in [0.25, 0.3) is 0 Å². The number of nitrogen functional groups attached to an aromatic ring is 1. The first-order chi connectivity index (χ1) is 11.7. The molecule has 4 rings (SSSR count). The second kappa shape index (κ2) is 6.20. The van der Waals surface area contributed by atoms with Crippen molar-refractivity contribution in [3.63, 3.8) is 0 Å². The number of rotatable bonds is 2. The zero-order chi connectivity index (χ0) is 16.6. The second-order valence-electron chi connectivity index (χ2n) is 7.17. The number of amides is 1. The Morgan fingerprint density at radius 1 is 1.25 bits per heavy atom. The third-order valence-electron chi connectivity index (χ3n) is 5.74. The lowest BCUT2D eigenvalue weighted by Gasteiger charge is -2.44. The SMILES string of the molecule is Nc1nccc(N2CCC3(CCCN(C4CCOCC4)C3=O)C2)n1. The minimum absolute atomic E-state index is 0.254. The molecular formula is C17H25N5O2. The third kappa shape index (κ3) is 2.70. The number of ether oxygens (including phenoxy) is 1. The van der Waals surface area contributed by atoms with Gasteiger partial charge in [-0.05, 0) is 38.2 Å². The number of piperidine rings is 1. The second-order valence-corrected chi connectivity index (χ2v) is 7.17. The minimum atomic E-state index is -0.254. The van der Waals surface area contributed by atoms with Crippen LogP contribution >= 0.6 is 0 Å². The van der Waals surface area contributed by atoms with Crippen LogP contribution in [0.2, 0.25) is 0 Å². The molecule has 7 nitrogen and oxygen atoms in total. The number of likely N-dealkylation sites (tertiary alicyclic amines) is 1. The van der Waals surface area contributed by atoms with Crippen molar-refractivity contribution in [2.75, 3.05) is 43.5 Å². The van der Waals surface area contributed by atoms with Crippen LogP contribution in [-0.4, -0.2) is 59.7 Å². The minimum Gasteiger partial charge on any atom is -0.381 e. The Bertz CT molecular complexity index is 619. The summed E-state index contributed by atoms with van der Waals surface area (Å²) in [4.78, 5) is 25.9. The Labute approximate surface area is 142 Å². The quantitative estimate of drug-likeness (QED) is 0.872. The van der Waals surface area contributed by atoms with Crippen molar-refractivity contribution < 1.29 is 9.53 Å². The third-order valence-corrected chi connectivity index (χ3v) is 5.74. The lowest BCUT2D eigenvalue weighted by atomic mass is 9.77. The van der Waals surface area contributed by atoms with Gasteiger partial charge in [-0.15, -0.1) is 0 Å². The van der Waals surface area contributed by atoms with Gasteiger partial charge in [-0.1, -0.05) is 0 Å². The number of nitrogens with two attached hydrogens (primary N) is 1. The number of carbonyl (C=O) groups excluding carboxylic acids is 1.